The highest BCUT2D eigenvalue weighted by Gasteiger charge is 2.23. The average molecular weight is 187 g/mol. The summed E-state index contributed by atoms with van der Waals surface area (Å²) in [5, 5.41) is 9.21. The molecule has 0 aromatic rings. The standard InChI is InChI=1S/C8H17N3O2/c1-10-2-4-11(5-3-10)8(13)7(12)6-9/h7,12H,2-6,9H2,1H3. The number of aliphatic hydroxyl groups excluding tert-OH is 1. The van der Waals surface area contributed by atoms with Crippen LogP contribution in [0.5, 0.6) is 0 Å². The first-order valence-corrected chi connectivity index (χ1v) is 4.50. The molecule has 3 N–H and O–H groups in total. The van der Waals surface area contributed by atoms with E-state index in [0.717, 1.165) is 13.1 Å². The van der Waals surface area contributed by atoms with Gasteiger partial charge in [0.25, 0.3) is 5.91 Å². The highest BCUT2D eigenvalue weighted by atomic mass is 16.3. The first-order valence-electron chi connectivity index (χ1n) is 4.50. The van der Waals surface area contributed by atoms with Crippen LogP contribution in [0.1, 0.15) is 0 Å². The third-order valence-corrected chi connectivity index (χ3v) is 2.32. The van der Waals surface area contributed by atoms with Gasteiger partial charge in [-0.3, -0.25) is 4.79 Å². The van der Waals surface area contributed by atoms with E-state index in [0.29, 0.717) is 13.1 Å². The molecular weight excluding hydrogens is 170 g/mol. The fourth-order valence-corrected chi connectivity index (χ4v) is 1.34. The Bertz CT molecular complexity index is 178. The summed E-state index contributed by atoms with van der Waals surface area (Å²) in [5.41, 5.74) is 5.20. The summed E-state index contributed by atoms with van der Waals surface area (Å²) in [7, 11) is 2.02. The van der Waals surface area contributed by atoms with E-state index in [2.05, 4.69) is 4.90 Å². The van der Waals surface area contributed by atoms with Crippen molar-refractivity contribution in [2.75, 3.05) is 39.8 Å². The van der Waals surface area contributed by atoms with Gasteiger partial charge >= 0.3 is 0 Å². The van der Waals surface area contributed by atoms with Crippen molar-refractivity contribution in [1.29, 1.82) is 0 Å². The number of aliphatic hydroxyl groups is 1. The van der Waals surface area contributed by atoms with E-state index in [-0.39, 0.29) is 12.5 Å². The second-order valence-electron chi connectivity index (χ2n) is 3.38. The Balaban J connectivity index is 2.40. The van der Waals surface area contributed by atoms with Crippen LogP contribution >= 0.6 is 0 Å². The number of rotatable bonds is 2. The Hall–Kier alpha value is -0.650. The Morgan fingerprint density at radius 1 is 1.46 bits per heavy atom. The molecule has 0 bridgehead atoms. The van der Waals surface area contributed by atoms with Crippen LogP contribution < -0.4 is 5.73 Å². The van der Waals surface area contributed by atoms with Gasteiger partial charge in [0.1, 0.15) is 6.10 Å². The van der Waals surface area contributed by atoms with Crippen LogP contribution in [-0.4, -0.2) is 66.7 Å². The Kier molecular flexibility index (Phi) is 3.65. The maximum Gasteiger partial charge on any atom is 0.252 e. The van der Waals surface area contributed by atoms with Crippen molar-refractivity contribution >= 4 is 5.91 Å². The van der Waals surface area contributed by atoms with Gasteiger partial charge in [0.15, 0.2) is 0 Å². The van der Waals surface area contributed by atoms with Crippen LogP contribution in [0.3, 0.4) is 0 Å². The number of carbonyl (C=O) groups excluding carboxylic acids is 1. The quantitative estimate of drug-likeness (QED) is 0.529. The molecule has 5 heteroatoms. The van der Waals surface area contributed by atoms with Crippen molar-refractivity contribution in [1.82, 2.24) is 9.80 Å². The molecule has 0 aromatic heterocycles. The lowest BCUT2D eigenvalue weighted by Crippen LogP contribution is -2.51. The predicted molar refractivity (Wildman–Crippen MR) is 49.1 cm³/mol. The molecule has 1 unspecified atom stereocenters. The maximum atomic E-state index is 11.4. The topological polar surface area (TPSA) is 69.8 Å². The molecule has 1 aliphatic rings. The Morgan fingerprint density at radius 3 is 2.46 bits per heavy atom. The highest BCUT2D eigenvalue weighted by molar-refractivity contribution is 5.81. The molecule has 0 saturated carbocycles. The summed E-state index contributed by atoms with van der Waals surface area (Å²) < 4.78 is 0. The lowest BCUT2D eigenvalue weighted by Gasteiger charge is -2.33. The molecule has 1 atom stereocenters. The number of nitrogens with zero attached hydrogens (tertiary/aromatic N) is 2. The lowest BCUT2D eigenvalue weighted by atomic mass is 10.2. The van der Waals surface area contributed by atoms with Crippen molar-refractivity contribution in [2.45, 2.75) is 6.10 Å². The van der Waals surface area contributed by atoms with E-state index in [1.165, 1.54) is 0 Å². The van der Waals surface area contributed by atoms with E-state index in [9.17, 15) is 9.90 Å². The molecule has 76 valence electrons. The molecule has 13 heavy (non-hydrogen) atoms. The molecule has 0 aromatic carbocycles. The molecule has 1 heterocycles. The highest BCUT2D eigenvalue weighted by Crippen LogP contribution is 2.01. The third-order valence-electron chi connectivity index (χ3n) is 2.32. The minimum absolute atomic E-state index is 0.00513. The largest absolute Gasteiger partial charge is 0.382 e. The molecule has 0 aliphatic carbocycles. The lowest BCUT2D eigenvalue weighted by molar-refractivity contribution is -0.141. The van der Waals surface area contributed by atoms with Gasteiger partial charge in [-0.2, -0.15) is 0 Å². The second kappa shape index (κ2) is 4.55. The van der Waals surface area contributed by atoms with Crippen LogP contribution in [0.2, 0.25) is 0 Å². The van der Waals surface area contributed by atoms with Gasteiger partial charge in [-0.15, -0.1) is 0 Å². The van der Waals surface area contributed by atoms with Gasteiger partial charge < -0.3 is 20.6 Å². The van der Waals surface area contributed by atoms with Gasteiger partial charge in [0.2, 0.25) is 0 Å². The smallest absolute Gasteiger partial charge is 0.252 e. The summed E-state index contributed by atoms with van der Waals surface area (Å²) in [6.07, 6.45) is -1.02. The Morgan fingerprint density at radius 2 is 2.00 bits per heavy atom. The summed E-state index contributed by atoms with van der Waals surface area (Å²) in [4.78, 5) is 15.2. The summed E-state index contributed by atoms with van der Waals surface area (Å²) in [5.74, 6) is -0.240. The molecule has 5 nitrogen and oxygen atoms in total. The van der Waals surface area contributed by atoms with Crippen molar-refractivity contribution in [3.63, 3.8) is 0 Å². The number of carbonyl (C=O) groups is 1. The van der Waals surface area contributed by atoms with Crippen LogP contribution in [0.15, 0.2) is 0 Å². The van der Waals surface area contributed by atoms with Crippen LogP contribution in [0.4, 0.5) is 0 Å². The number of hydrogen-bond acceptors (Lipinski definition) is 4. The van der Waals surface area contributed by atoms with Gasteiger partial charge in [0, 0.05) is 32.7 Å². The van der Waals surface area contributed by atoms with E-state index >= 15 is 0 Å². The minimum atomic E-state index is -1.02. The summed E-state index contributed by atoms with van der Waals surface area (Å²) in [6.45, 7) is 3.11. The fourth-order valence-electron chi connectivity index (χ4n) is 1.34. The van der Waals surface area contributed by atoms with Crippen molar-refractivity contribution in [3.05, 3.63) is 0 Å². The third kappa shape index (κ3) is 2.65. The monoisotopic (exact) mass is 187 g/mol. The SMILES string of the molecule is CN1CCN(C(=O)C(O)CN)CC1. The summed E-state index contributed by atoms with van der Waals surface area (Å²) in [6, 6.07) is 0. The van der Waals surface area contributed by atoms with Gasteiger partial charge in [-0.25, -0.2) is 0 Å². The van der Waals surface area contributed by atoms with Crippen molar-refractivity contribution < 1.29 is 9.90 Å². The van der Waals surface area contributed by atoms with Gasteiger partial charge in [0.05, 0.1) is 0 Å². The number of piperazine rings is 1. The van der Waals surface area contributed by atoms with Gasteiger partial charge in [-0.1, -0.05) is 0 Å². The fraction of sp³-hybridized carbons (Fsp3) is 0.875. The molecule has 1 saturated heterocycles. The molecule has 1 amide bonds. The predicted octanol–water partition coefficient (Wildman–Crippen LogP) is -1.92. The van der Waals surface area contributed by atoms with Gasteiger partial charge in [-0.05, 0) is 7.05 Å². The zero-order valence-electron chi connectivity index (χ0n) is 7.94. The molecular formula is C8H17N3O2. The zero-order chi connectivity index (χ0) is 9.84. The minimum Gasteiger partial charge on any atom is -0.382 e. The maximum absolute atomic E-state index is 11.4. The number of hydrogen-bond donors (Lipinski definition) is 2. The summed E-state index contributed by atoms with van der Waals surface area (Å²) >= 11 is 0. The molecule has 1 fully saturated rings. The van der Waals surface area contributed by atoms with Crippen molar-refractivity contribution in [2.24, 2.45) is 5.73 Å². The molecule has 0 spiro atoms. The second-order valence-corrected chi connectivity index (χ2v) is 3.38. The molecule has 1 rings (SSSR count). The van der Waals surface area contributed by atoms with E-state index in [4.69, 9.17) is 5.73 Å². The molecule has 1 aliphatic heterocycles. The first-order chi connectivity index (χ1) is 6.15. The zero-order valence-corrected chi connectivity index (χ0v) is 7.94. The Labute approximate surface area is 78.1 Å². The van der Waals surface area contributed by atoms with E-state index < -0.39 is 6.10 Å². The molecule has 0 radical (unpaired) electrons. The number of nitrogens with two attached hydrogens (primary N) is 1. The van der Waals surface area contributed by atoms with Crippen molar-refractivity contribution in [3.8, 4) is 0 Å². The van der Waals surface area contributed by atoms with E-state index in [1.54, 1.807) is 4.90 Å². The number of likely N-dealkylation sites (N-methyl/N-ethyl adjacent to an activating group) is 1. The van der Waals surface area contributed by atoms with Crippen LogP contribution in [0.25, 0.3) is 0 Å². The van der Waals surface area contributed by atoms with E-state index in [1.807, 2.05) is 7.05 Å². The first kappa shape index (κ1) is 10.4. The average Bonchev–Trinajstić information content (AvgIpc) is 2.17. The van der Waals surface area contributed by atoms with Crippen LogP contribution in [0, 0.1) is 0 Å². The number of amides is 1. The normalized spacial score (nSPS) is 21.6. The van der Waals surface area contributed by atoms with Crippen LogP contribution in [-0.2, 0) is 4.79 Å².